The Hall–Kier alpha value is -0.0800. The van der Waals surface area contributed by atoms with E-state index in [-0.39, 0.29) is 6.29 Å². The Morgan fingerprint density at radius 1 is 1.17 bits per heavy atom. The molecular formula is C16H34O2. The highest BCUT2D eigenvalue weighted by molar-refractivity contribution is 4.59. The van der Waals surface area contributed by atoms with Crippen molar-refractivity contribution in [3.63, 3.8) is 0 Å². The van der Waals surface area contributed by atoms with E-state index in [0.717, 1.165) is 25.6 Å². The summed E-state index contributed by atoms with van der Waals surface area (Å²) in [7, 11) is 0. The summed E-state index contributed by atoms with van der Waals surface area (Å²) in [6, 6.07) is 0. The van der Waals surface area contributed by atoms with Crippen LogP contribution in [0.15, 0.2) is 0 Å². The molecule has 0 N–H and O–H groups in total. The highest BCUT2D eigenvalue weighted by atomic mass is 16.7. The standard InChI is InChI=1S/C14H28O2.C2H6/c1-3-5-6-9-13(4-2)12-16-14-10-7-8-11-15-14;1-2/h13-14H,3-12H2,1-2H3;1-2H3. The molecule has 1 fully saturated rings. The molecule has 0 aromatic carbocycles. The van der Waals surface area contributed by atoms with Gasteiger partial charge in [0.05, 0.1) is 6.61 Å². The van der Waals surface area contributed by atoms with Crippen molar-refractivity contribution in [1.82, 2.24) is 0 Å². The zero-order valence-corrected chi connectivity index (χ0v) is 13.0. The third-order valence-electron chi connectivity index (χ3n) is 3.45. The summed E-state index contributed by atoms with van der Waals surface area (Å²) in [6.45, 7) is 10.3. The largest absolute Gasteiger partial charge is 0.353 e. The number of hydrogen-bond donors (Lipinski definition) is 0. The number of hydrogen-bond acceptors (Lipinski definition) is 2. The summed E-state index contributed by atoms with van der Waals surface area (Å²) < 4.78 is 11.4. The molecule has 1 rings (SSSR count). The third kappa shape index (κ3) is 8.93. The van der Waals surface area contributed by atoms with Gasteiger partial charge in [-0.15, -0.1) is 0 Å². The predicted octanol–water partition coefficient (Wildman–Crippen LogP) is 5.16. The van der Waals surface area contributed by atoms with Crippen molar-refractivity contribution in [1.29, 1.82) is 0 Å². The van der Waals surface area contributed by atoms with Crippen molar-refractivity contribution in [3.8, 4) is 0 Å². The molecule has 18 heavy (non-hydrogen) atoms. The maximum atomic E-state index is 5.84. The topological polar surface area (TPSA) is 18.5 Å². The SMILES string of the molecule is CC.CCCCCC(CC)COC1CCCCO1. The van der Waals surface area contributed by atoms with Gasteiger partial charge in [0.25, 0.3) is 0 Å². The fraction of sp³-hybridized carbons (Fsp3) is 1.00. The van der Waals surface area contributed by atoms with Crippen LogP contribution in [0.5, 0.6) is 0 Å². The second-order valence-corrected chi connectivity index (χ2v) is 4.90. The van der Waals surface area contributed by atoms with Gasteiger partial charge in [-0.2, -0.15) is 0 Å². The van der Waals surface area contributed by atoms with E-state index in [1.165, 1.54) is 44.9 Å². The zero-order chi connectivity index (χ0) is 13.6. The molecule has 0 aliphatic carbocycles. The summed E-state index contributed by atoms with van der Waals surface area (Å²) in [5.74, 6) is 0.733. The second-order valence-electron chi connectivity index (χ2n) is 4.90. The maximum absolute atomic E-state index is 5.84. The summed E-state index contributed by atoms with van der Waals surface area (Å²) in [4.78, 5) is 0. The molecule has 0 aromatic rings. The van der Waals surface area contributed by atoms with Gasteiger partial charge in [0.1, 0.15) is 0 Å². The molecule has 2 heteroatoms. The van der Waals surface area contributed by atoms with E-state index in [9.17, 15) is 0 Å². The zero-order valence-electron chi connectivity index (χ0n) is 13.0. The van der Waals surface area contributed by atoms with Gasteiger partial charge in [-0.1, -0.05) is 53.4 Å². The fourth-order valence-corrected chi connectivity index (χ4v) is 2.17. The van der Waals surface area contributed by atoms with E-state index in [1.807, 2.05) is 13.8 Å². The molecule has 0 amide bonds. The van der Waals surface area contributed by atoms with Gasteiger partial charge in [0, 0.05) is 6.61 Å². The minimum Gasteiger partial charge on any atom is -0.353 e. The third-order valence-corrected chi connectivity index (χ3v) is 3.45. The van der Waals surface area contributed by atoms with Crippen LogP contribution in [0.3, 0.4) is 0 Å². The lowest BCUT2D eigenvalue weighted by Gasteiger charge is -2.25. The van der Waals surface area contributed by atoms with Gasteiger partial charge < -0.3 is 9.47 Å². The number of unbranched alkanes of at least 4 members (excludes halogenated alkanes) is 2. The average molecular weight is 258 g/mol. The Labute approximate surface area is 114 Å². The lowest BCUT2D eigenvalue weighted by Crippen LogP contribution is -2.25. The molecule has 110 valence electrons. The van der Waals surface area contributed by atoms with Crippen molar-refractivity contribution in [2.75, 3.05) is 13.2 Å². The Bertz CT molecular complexity index is 153. The van der Waals surface area contributed by atoms with Gasteiger partial charge in [-0.3, -0.25) is 0 Å². The van der Waals surface area contributed by atoms with Crippen molar-refractivity contribution < 1.29 is 9.47 Å². The quantitative estimate of drug-likeness (QED) is 0.560. The first kappa shape index (κ1) is 17.9. The Balaban J connectivity index is 0.00000137. The minimum atomic E-state index is 0.0916. The molecule has 1 saturated heterocycles. The Kier molecular flexibility index (Phi) is 13.3. The molecule has 2 unspecified atom stereocenters. The minimum absolute atomic E-state index is 0.0916. The van der Waals surface area contributed by atoms with Gasteiger partial charge in [-0.25, -0.2) is 0 Å². The molecule has 0 radical (unpaired) electrons. The van der Waals surface area contributed by atoms with Crippen LogP contribution in [-0.4, -0.2) is 19.5 Å². The smallest absolute Gasteiger partial charge is 0.157 e. The molecule has 2 nitrogen and oxygen atoms in total. The summed E-state index contributed by atoms with van der Waals surface area (Å²) in [5, 5.41) is 0. The van der Waals surface area contributed by atoms with Gasteiger partial charge in [-0.05, 0) is 31.6 Å². The summed E-state index contributed by atoms with van der Waals surface area (Å²) in [6.07, 6.45) is 10.2. The molecular weight excluding hydrogens is 224 g/mol. The lowest BCUT2D eigenvalue weighted by atomic mass is 10.00. The highest BCUT2D eigenvalue weighted by Gasteiger charge is 2.16. The van der Waals surface area contributed by atoms with Crippen molar-refractivity contribution in [3.05, 3.63) is 0 Å². The van der Waals surface area contributed by atoms with Crippen molar-refractivity contribution in [2.45, 2.75) is 85.4 Å². The van der Waals surface area contributed by atoms with Crippen molar-refractivity contribution in [2.24, 2.45) is 5.92 Å². The van der Waals surface area contributed by atoms with Crippen LogP contribution in [-0.2, 0) is 9.47 Å². The van der Waals surface area contributed by atoms with Gasteiger partial charge in [0.2, 0.25) is 0 Å². The van der Waals surface area contributed by atoms with E-state index < -0.39 is 0 Å². The van der Waals surface area contributed by atoms with Gasteiger partial charge in [0.15, 0.2) is 6.29 Å². The van der Waals surface area contributed by atoms with Crippen LogP contribution in [0.1, 0.15) is 79.1 Å². The van der Waals surface area contributed by atoms with Crippen LogP contribution >= 0.6 is 0 Å². The van der Waals surface area contributed by atoms with Crippen molar-refractivity contribution >= 4 is 0 Å². The molecule has 0 bridgehead atoms. The van der Waals surface area contributed by atoms with Gasteiger partial charge >= 0.3 is 0 Å². The Morgan fingerprint density at radius 3 is 2.50 bits per heavy atom. The molecule has 1 aliphatic rings. The first-order valence-corrected chi connectivity index (χ1v) is 8.10. The summed E-state index contributed by atoms with van der Waals surface area (Å²) >= 11 is 0. The number of ether oxygens (including phenoxy) is 2. The normalized spacial score (nSPS) is 21.0. The molecule has 2 atom stereocenters. The first-order chi connectivity index (χ1) is 8.86. The van der Waals surface area contributed by atoms with Crippen LogP contribution in [0, 0.1) is 5.92 Å². The van der Waals surface area contributed by atoms with E-state index in [2.05, 4.69) is 13.8 Å². The number of rotatable bonds is 8. The second kappa shape index (κ2) is 13.4. The van der Waals surface area contributed by atoms with Crippen LogP contribution in [0.25, 0.3) is 0 Å². The van der Waals surface area contributed by atoms with E-state index >= 15 is 0 Å². The molecule has 0 aromatic heterocycles. The highest BCUT2D eigenvalue weighted by Crippen LogP contribution is 2.18. The van der Waals surface area contributed by atoms with Crippen LogP contribution in [0.4, 0.5) is 0 Å². The average Bonchev–Trinajstić information content (AvgIpc) is 2.46. The Morgan fingerprint density at radius 2 is 1.94 bits per heavy atom. The van der Waals surface area contributed by atoms with Crippen LogP contribution in [0.2, 0.25) is 0 Å². The van der Waals surface area contributed by atoms with E-state index in [4.69, 9.17) is 9.47 Å². The molecule has 1 aliphatic heterocycles. The first-order valence-electron chi connectivity index (χ1n) is 8.10. The molecule has 0 spiro atoms. The summed E-state index contributed by atoms with van der Waals surface area (Å²) in [5.41, 5.74) is 0. The monoisotopic (exact) mass is 258 g/mol. The maximum Gasteiger partial charge on any atom is 0.157 e. The fourth-order valence-electron chi connectivity index (χ4n) is 2.17. The van der Waals surface area contributed by atoms with E-state index in [0.29, 0.717) is 0 Å². The molecule has 0 saturated carbocycles. The van der Waals surface area contributed by atoms with Crippen LogP contribution < -0.4 is 0 Å². The van der Waals surface area contributed by atoms with E-state index in [1.54, 1.807) is 0 Å². The molecule has 1 heterocycles. The predicted molar refractivity (Wildman–Crippen MR) is 78.8 cm³/mol. The lowest BCUT2D eigenvalue weighted by molar-refractivity contribution is -0.169.